The molecule has 4 aromatic rings. The molecule has 2 atom stereocenters. The van der Waals surface area contributed by atoms with E-state index in [2.05, 4.69) is 18.2 Å². The molecular formula is C30H23N3O2. The van der Waals surface area contributed by atoms with Crippen LogP contribution in [0.5, 0.6) is 5.75 Å². The fourth-order valence-corrected chi connectivity index (χ4v) is 5.55. The van der Waals surface area contributed by atoms with E-state index in [1.54, 1.807) is 0 Å². The van der Waals surface area contributed by atoms with Gasteiger partial charge >= 0.3 is 5.72 Å². The average Bonchev–Trinajstić information content (AvgIpc) is 3.46. The second kappa shape index (κ2) is 7.57. The Bertz CT molecular complexity index is 1470. The van der Waals surface area contributed by atoms with Crippen molar-refractivity contribution in [3.63, 3.8) is 0 Å². The Balaban J connectivity index is 1.41. The first-order valence-electron chi connectivity index (χ1n) is 11.9. The molecule has 0 radical (unpaired) electrons. The maximum absolute atomic E-state index is 14.4. The molecule has 35 heavy (non-hydrogen) atoms. The second-order valence-corrected chi connectivity index (χ2v) is 9.16. The number of carbonyl (C=O) groups is 1. The summed E-state index contributed by atoms with van der Waals surface area (Å²) in [6.45, 7) is 0.469. The minimum Gasteiger partial charge on any atom is -0.453 e. The van der Waals surface area contributed by atoms with Crippen molar-refractivity contribution >= 4 is 17.3 Å². The second-order valence-electron chi connectivity index (χ2n) is 9.16. The van der Waals surface area contributed by atoms with Gasteiger partial charge in [0.2, 0.25) is 0 Å². The Morgan fingerprint density at radius 2 is 1.51 bits per heavy atom. The Labute approximate surface area is 203 Å². The number of fused-ring (bicyclic) bond motifs is 6. The lowest BCUT2D eigenvalue weighted by atomic mass is 9.92. The Morgan fingerprint density at radius 3 is 2.34 bits per heavy atom. The van der Waals surface area contributed by atoms with Crippen LogP contribution in [0.1, 0.15) is 34.7 Å². The minimum absolute atomic E-state index is 0.0937. The number of para-hydroxylation sites is 2. The number of benzene rings is 4. The van der Waals surface area contributed by atoms with E-state index in [9.17, 15) is 4.79 Å². The molecule has 0 N–H and O–H groups in total. The van der Waals surface area contributed by atoms with Gasteiger partial charge in [-0.1, -0.05) is 97.1 Å². The molecule has 2 unspecified atom stereocenters. The summed E-state index contributed by atoms with van der Waals surface area (Å²) >= 11 is 0. The summed E-state index contributed by atoms with van der Waals surface area (Å²) in [5, 5.41) is 7.00. The number of rotatable bonds is 3. The standard InChI is InChI=1S/C30H23N3O2/c34-29-30(24-16-8-9-17-26(24)32(29)20-21-11-3-1-4-12-21)33-27(23-15-7-10-18-28(23)35-30)19-25(31-33)22-13-5-2-6-14-22/h1-18,27H,19-20H2. The van der Waals surface area contributed by atoms with E-state index in [1.165, 1.54) is 0 Å². The number of ether oxygens (including phenoxy) is 1. The van der Waals surface area contributed by atoms with E-state index >= 15 is 0 Å². The highest BCUT2D eigenvalue weighted by Crippen LogP contribution is 2.55. The molecule has 5 nitrogen and oxygen atoms in total. The predicted octanol–water partition coefficient (Wildman–Crippen LogP) is 5.63. The summed E-state index contributed by atoms with van der Waals surface area (Å²) in [6, 6.07) is 36.1. The van der Waals surface area contributed by atoms with Crippen molar-refractivity contribution in [3.8, 4) is 5.75 Å². The highest BCUT2D eigenvalue weighted by Gasteiger charge is 2.63. The molecule has 0 saturated heterocycles. The van der Waals surface area contributed by atoms with Crippen molar-refractivity contribution in [3.05, 3.63) is 131 Å². The summed E-state index contributed by atoms with van der Waals surface area (Å²) in [4.78, 5) is 16.3. The van der Waals surface area contributed by atoms with Gasteiger partial charge in [-0.25, -0.2) is 5.01 Å². The van der Waals surface area contributed by atoms with Gasteiger partial charge in [-0.2, -0.15) is 5.10 Å². The third-order valence-corrected chi connectivity index (χ3v) is 7.15. The Kier molecular flexibility index (Phi) is 4.33. The van der Waals surface area contributed by atoms with Gasteiger partial charge in [-0.15, -0.1) is 0 Å². The molecule has 0 fully saturated rings. The van der Waals surface area contributed by atoms with Crippen LogP contribution >= 0.6 is 0 Å². The van der Waals surface area contributed by atoms with E-state index in [0.29, 0.717) is 13.0 Å². The molecule has 0 aromatic heterocycles. The monoisotopic (exact) mass is 457 g/mol. The average molecular weight is 458 g/mol. The number of nitrogens with zero attached hydrogens (tertiary/aromatic N) is 3. The molecule has 1 amide bonds. The van der Waals surface area contributed by atoms with Gasteiger partial charge in [0.1, 0.15) is 5.75 Å². The Morgan fingerprint density at radius 1 is 0.829 bits per heavy atom. The Hall–Kier alpha value is -4.38. The number of hydrazone groups is 1. The first-order chi connectivity index (χ1) is 17.3. The zero-order chi connectivity index (χ0) is 23.4. The number of anilines is 1. The largest absolute Gasteiger partial charge is 0.453 e. The summed E-state index contributed by atoms with van der Waals surface area (Å²) in [7, 11) is 0. The predicted molar refractivity (Wildman–Crippen MR) is 135 cm³/mol. The summed E-state index contributed by atoms with van der Waals surface area (Å²) in [6.07, 6.45) is 0.709. The van der Waals surface area contributed by atoms with Crippen LogP contribution in [0.3, 0.4) is 0 Å². The van der Waals surface area contributed by atoms with Crippen molar-refractivity contribution in [2.24, 2.45) is 5.10 Å². The zero-order valence-corrected chi connectivity index (χ0v) is 19.0. The lowest BCUT2D eigenvalue weighted by Gasteiger charge is -2.44. The lowest BCUT2D eigenvalue weighted by molar-refractivity contribution is -0.164. The van der Waals surface area contributed by atoms with Crippen LogP contribution in [0.15, 0.2) is 114 Å². The maximum atomic E-state index is 14.4. The van der Waals surface area contributed by atoms with Crippen molar-refractivity contribution in [2.45, 2.75) is 24.7 Å². The highest BCUT2D eigenvalue weighted by atomic mass is 16.5. The maximum Gasteiger partial charge on any atom is 0.306 e. The van der Waals surface area contributed by atoms with E-state index in [0.717, 1.165) is 39.4 Å². The third-order valence-electron chi connectivity index (χ3n) is 7.15. The number of carbonyl (C=O) groups excluding carboxylic acids is 1. The molecule has 5 heteroatoms. The van der Waals surface area contributed by atoms with Crippen LogP contribution in [-0.4, -0.2) is 16.6 Å². The van der Waals surface area contributed by atoms with Gasteiger partial charge in [0.15, 0.2) is 0 Å². The molecule has 170 valence electrons. The summed E-state index contributed by atoms with van der Waals surface area (Å²) in [5.41, 5.74) is 4.49. The fourth-order valence-electron chi connectivity index (χ4n) is 5.55. The van der Waals surface area contributed by atoms with Gasteiger partial charge in [0, 0.05) is 12.0 Å². The topological polar surface area (TPSA) is 45.1 Å². The summed E-state index contributed by atoms with van der Waals surface area (Å²) < 4.78 is 6.71. The van der Waals surface area contributed by atoms with E-state index < -0.39 is 5.72 Å². The normalized spacial score (nSPS) is 21.9. The van der Waals surface area contributed by atoms with Crippen LogP contribution in [0, 0.1) is 0 Å². The number of hydrogen-bond donors (Lipinski definition) is 0. The van der Waals surface area contributed by atoms with Crippen molar-refractivity contribution in [1.82, 2.24) is 5.01 Å². The molecule has 4 aromatic carbocycles. The van der Waals surface area contributed by atoms with Gasteiger partial charge in [-0.05, 0) is 23.3 Å². The van der Waals surface area contributed by atoms with Crippen LogP contribution < -0.4 is 9.64 Å². The first kappa shape index (κ1) is 20.0. The van der Waals surface area contributed by atoms with Gasteiger partial charge in [-0.3, -0.25) is 4.79 Å². The van der Waals surface area contributed by atoms with Crippen molar-refractivity contribution < 1.29 is 9.53 Å². The summed E-state index contributed by atoms with van der Waals surface area (Å²) in [5.74, 6) is 0.628. The zero-order valence-electron chi connectivity index (χ0n) is 19.0. The molecule has 3 aliphatic heterocycles. The van der Waals surface area contributed by atoms with Crippen LogP contribution in [0.25, 0.3) is 0 Å². The highest BCUT2D eigenvalue weighted by molar-refractivity contribution is 6.08. The molecular weight excluding hydrogens is 434 g/mol. The quantitative estimate of drug-likeness (QED) is 0.401. The molecule has 3 aliphatic rings. The lowest BCUT2D eigenvalue weighted by Crippen LogP contribution is -2.57. The van der Waals surface area contributed by atoms with Gasteiger partial charge < -0.3 is 9.64 Å². The van der Waals surface area contributed by atoms with Crippen molar-refractivity contribution in [2.75, 3.05) is 4.90 Å². The van der Waals surface area contributed by atoms with E-state index in [4.69, 9.17) is 9.84 Å². The van der Waals surface area contributed by atoms with Crippen LogP contribution in [-0.2, 0) is 17.1 Å². The number of hydrogen-bond acceptors (Lipinski definition) is 4. The smallest absolute Gasteiger partial charge is 0.306 e. The molecule has 1 spiro atoms. The first-order valence-corrected chi connectivity index (χ1v) is 11.9. The van der Waals surface area contributed by atoms with Crippen LogP contribution in [0.2, 0.25) is 0 Å². The minimum atomic E-state index is -1.35. The molecule has 0 aliphatic carbocycles. The third kappa shape index (κ3) is 2.88. The van der Waals surface area contributed by atoms with Gasteiger partial charge in [0.25, 0.3) is 5.91 Å². The van der Waals surface area contributed by atoms with Crippen LogP contribution in [0.4, 0.5) is 5.69 Å². The molecule has 3 heterocycles. The molecule has 0 saturated carbocycles. The van der Waals surface area contributed by atoms with E-state index in [-0.39, 0.29) is 11.9 Å². The SMILES string of the molecule is O=C1N(Cc2ccccc2)c2ccccc2C12Oc1ccccc1C1CC(c3ccccc3)=NN12. The molecule has 0 bridgehead atoms. The number of amides is 1. The molecule has 7 rings (SSSR count). The van der Waals surface area contributed by atoms with Gasteiger partial charge in [0.05, 0.1) is 29.5 Å². The van der Waals surface area contributed by atoms with Crippen molar-refractivity contribution in [1.29, 1.82) is 0 Å². The fraction of sp³-hybridized carbons (Fsp3) is 0.133. The van der Waals surface area contributed by atoms with E-state index in [1.807, 2.05) is 101 Å².